The molecule has 0 bridgehead atoms. The molecule has 0 unspecified atom stereocenters. The van der Waals surface area contributed by atoms with Crippen LogP contribution in [0.5, 0.6) is 0 Å². The summed E-state index contributed by atoms with van der Waals surface area (Å²) < 4.78 is 101. The third-order valence-corrected chi connectivity index (χ3v) is 19.3. The number of ether oxygens (including phenoxy) is 5. The molecule has 5 fully saturated rings. The van der Waals surface area contributed by atoms with Gasteiger partial charge in [0.25, 0.3) is 0 Å². The summed E-state index contributed by atoms with van der Waals surface area (Å²) in [7, 11) is -10.6. The molecule has 0 amide bonds. The van der Waals surface area contributed by atoms with Crippen LogP contribution in [0.4, 0.5) is 0 Å². The van der Waals surface area contributed by atoms with Gasteiger partial charge >= 0.3 is 15.6 Å². The maximum atomic E-state index is 14.0. The molecule has 0 radical (unpaired) electrons. The van der Waals surface area contributed by atoms with Gasteiger partial charge in [0.2, 0.25) is 0 Å². The molecule has 5 aliphatic heterocycles. The van der Waals surface area contributed by atoms with E-state index in [1.807, 2.05) is 58.0 Å². The molecule has 5 heterocycles. The lowest BCUT2D eigenvalue weighted by atomic mass is 9.97. The van der Waals surface area contributed by atoms with Crippen molar-refractivity contribution in [2.24, 2.45) is 10.8 Å². The molecule has 1 aromatic carbocycles. The summed E-state index contributed by atoms with van der Waals surface area (Å²) >= 11 is 1.20. The first-order valence-electron chi connectivity index (χ1n) is 19.4. The van der Waals surface area contributed by atoms with Gasteiger partial charge in [0, 0.05) is 15.7 Å². The molecular formula is C37H62O16P2SSi. The molecule has 0 saturated carbocycles. The first-order chi connectivity index (χ1) is 26.3. The van der Waals surface area contributed by atoms with Crippen LogP contribution in [0.3, 0.4) is 0 Å². The van der Waals surface area contributed by atoms with E-state index >= 15 is 0 Å². The van der Waals surface area contributed by atoms with Gasteiger partial charge in [0.1, 0.15) is 54.3 Å². The minimum absolute atomic E-state index is 0.0947. The van der Waals surface area contributed by atoms with Gasteiger partial charge < -0.3 is 38.3 Å². The SMILES string of the molecule is CC1(C)COP(=O)(O[C@@H]2[C@@H](O)[C@@H](O)[C@@H](CO[C@@H]3O[C@H](CO[Si](C)(C)C(C)(C)C)[C@@H]4OC(C)(C)O[C@@H]4[C@H]3OP3(=O)OCC(C)(C)CO3)O[C@H]2Sc2ccccc2)OC1. The molecule has 326 valence electrons. The fourth-order valence-electron chi connectivity index (χ4n) is 6.39. The van der Waals surface area contributed by atoms with Crippen molar-refractivity contribution in [3.05, 3.63) is 30.3 Å². The normalized spacial score (nSPS) is 37.4. The Balaban J connectivity index is 1.25. The maximum Gasteiger partial charge on any atom is 0.475 e. The number of phosphoric acid groups is 2. The second kappa shape index (κ2) is 17.1. The first kappa shape index (κ1) is 46.2. The van der Waals surface area contributed by atoms with Gasteiger partial charge in [-0.3, -0.25) is 27.1 Å². The summed E-state index contributed by atoms with van der Waals surface area (Å²) in [5.41, 5.74) is -1.81. The summed E-state index contributed by atoms with van der Waals surface area (Å²) in [6.07, 6.45) is -10.5. The zero-order chi connectivity index (χ0) is 41.8. The van der Waals surface area contributed by atoms with Crippen molar-refractivity contribution in [2.45, 2.75) is 152 Å². The van der Waals surface area contributed by atoms with Crippen molar-refractivity contribution in [1.82, 2.24) is 0 Å². The zero-order valence-electron chi connectivity index (χ0n) is 34.8. The number of aliphatic hydroxyl groups is 2. The van der Waals surface area contributed by atoms with Crippen molar-refractivity contribution < 1.29 is 74.6 Å². The Morgan fingerprint density at radius 2 is 1.28 bits per heavy atom. The Bertz CT molecular complexity index is 1600. The van der Waals surface area contributed by atoms with E-state index in [1.54, 1.807) is 13.8 Å². The Labute approximate surface area is 341 Å². The number of thioether (sulfide) groups is 1. The molecule has 20 heteroatoms. The molecule has 6 rings (SSSR count). The molecule has 2 N–H and O–H groups in total. The average Bonchev–Trinajstić information content (AvgIpc) is 3.46. The third-order valence-electron chi connectivity index (χ3n) is 10.9. The van der Waals surface area contributed by atoms with Crippen molar-refractivity contribution in [3.8, 4) is 0 Å². The van der Waals surface area contributed by atoms with Gasteiger partial charge in [-0.15, -0.1) is 0 Å². The van der Waals surface area contributed by atoms with E-state index in [0.717, 1.165) is 4.90 Å². The topological polar surface area (TPSA) is 185 Å². The fraction of sp³-hybridized carbons (Fsp3) is 0.838. The van der Waals surface area contributed by atoms with E-state index in [1.165, 1.54) is 11.8 Å². The molecule has 0 aromatic heterocycles. The predicted molar refractivity (Wildman–Crippen MR) is 211 cm³/mol. The quantitative estimate of drug-likeness (QED) is 0.168. The molecule has 0 spiro atoms. The van der Waals surface area contributed by atoms with Crippen LogP contribution >= 0.6 is 27.4 Å². The minimum Gasteiger partial charge on any atom is -0.414 e. The molecule has 10 atom stereocenters. The molecular weight excluding hydrogens is 822 g/mol. The lowest BCUT2D eigenvalue weighted by Crippen LogP contribution is -2.61. The van der Waals surface area contributed by atoms with Crippen molar-refractivity contribution >= 4 is 35.7 Å². The van der Waals surface area contributed by atoms with Crippen LogP contribution in [0.2, 0.25) is 18.1 Å². The van der Waals surface area contributed by atoms with Crippen LogP contribution in [0.1, 0.15) is 62.3 Å². The van der Waals surface area contributed by atoms with Gasteiger partial charge in [-0.1, -0.05) is 78.4 Å². The number of phosphoric ester groups is 2. The highest BCUT2D eigenvalue weighted by Gasteiger charge is 2.60. The van der Waals surface area contributed by atoms with Crippen molar-refractivity contribution in [1.29, 1.82) is 0 Å². The summed E-state index contributed by atoms with van der Waals surface area (Å²) in [5, 5.41) is 23.0. The third kappa shape index (κ3) is 11.2. The lowest BCUT2D eigenvalue weighted by molar-refractivity contribution is -0.293. The second-order valence-corrected chi connectivity index (χ2v) is 28.1. The molecule has 16 nitrogen and oxygen atoms in total. The second-order valence-electron chi connectivity index (χ2n) is 18.9. The first-order valence-corrected chi connectivity index (χ1v) is 26.1. The number of rotatable bonds is 12. The zero-order valence-corrected chi connectivity index (χ0v) is 38.4. The Kier molecular flexibility index (Phi) is 13.9. The number of benzene rings is 1. The van der Waals surface area contributed by atoms with E-state index in [-0.39, 0.29) is 44.7 Å². The van der Waals surface area contributed by atoms with Gasteiger partial charge in [0.15, 0.2) is 20.4 Å². The summed E-state index contributed by atoms with van der Waals surface area (Å²) in [4.78, 5) is 0.755. The highest BCUT2D eigenvalue weighted by molar-refractivity contribution is 7.99. The van der Waals surface area contributed by atoms with Crippen LogP contribution in [0, 0.1) is 10.8 Å². The number of aliphatic hydroxyl groups excluding tert-OH is 2. The van der Waals surface area contributed by atoms with E-state index in [9.17, 15) is 19.3 Å². The van der Waals surface area contributed by atoms with Crippen LogP contribution in [0.25, 0.3) is 0 Å². The Hall–Kier alpha value is -0.313. The largest absolute Gasteiger partial charge is 0.475 e. The number of hydrogen-bond acceptors (Lipinski definition) is 17. The van der Waals surface area contributed by atoms with Gasteiger partial charge in [-0.25, -0.2) is 9.13 Å². The number of fused-ring (bicyclic) bond motifs is 1. The van der Waals surface area contributed by atoms with Crippen molar-refractivity contribution in [3.63, 3.8) is 0 Å². The van der Waals surface area contributed by atoms with E-state index in [0.29, 0.717) is 0 Å². The number of hydrogen-bond donors (Lipinski definition) is 2. The molecule has 1 aromatic rings. The molecule has 5 saturated heterocycles. The minimum atomic E-state index is -4.15. The highest BCUT2D eigenvalue weighted by Crippen LogP contribution is 2.59. The van der Waals surface area contributed by atoms with Gasteiger partial charge in [-0.05, 0) is 44.1 Å². The lowest BCUT2D eigenvalue weighted by Gasteiger charge is -2.46. The molecule has 5 aliphatic rings. The van der Waals surface area contributed by atoms with Crippen LogP contribution in [-0.2, 0) is 64.4 Å². The summed E-state index contributed by atoms with van der Waals surface area (Å²) in [5.74, 6) is -1.08. The van der Waals surface area contributed by atoms with Crippen LogP contribution in [0.15, 0.2) is 35.2 Å². The highest BCUT2D eigenvalue weighted by atomic mass is 32.2. The smallest absolute Gasteiger partial charge is 0.414 e. The molecule has 0 aliphatic carbocycles. The predicted octanol–water partition coefficient (Wildman–Crippen LogP) is 6.64. The van der Waals surface area contributed by atoms with Gasteiger partial charge in [0.05, 0.1) is 39.6 Å². The summed E-state index contributed by atoms with van der Waals surface area (Å²) in [6.45, 7) is 22.1. The Morgan fingerprint density at radius 3 is 1.82 bits per heavy atom. The van der Waals surface area contributed by atoms with E-state index in [4.69, 9.17) is 55.3 Å². The molecule has 57 heavy (non-hydrogen) atoms. The van der Waals surface area contributed by atoms with E-state index in [2.05, 4.69) is 33.9 Å². The monoisotopic (exact) mass is 884 g/mol. The standard InChI is InChI=1S/C37H62O16P2SSi/c1-34(2,3)57(10,11)47-18-25-28-30(51-37(8,9)50-28)31(53-55(41)45-21-36(6,7)22-46-55)32(48-25)42-17-24-26(38)27(39)29(33(49-24)56-23-15-13-12-14-16-23)52-54(40)43-19-35(4,5)20-44-54/h12-16,24-33,38-39H,17-22H2,1-11H3/t24-,25-,26+,27+,28+,29-,30+,31-,32-,33+/m1/s1. The average molecular weight is 885 g/mol. The van der Waals surface area contributed by atoms with Gasteiger partial charge in [-0.2, -0.15) is 0 Å². The fourth-order valence-corrected chi connectivity index (χ4v) is 12.1. The van der Waals surface area contributed by atoms with Crippen LogP contribution in [-0.4, -0.2) is 125 Å². The Morgan fingerprint density at radius 1 is 0.754 bits per heavy atom. The van der Waals surface area contributed by atoms with Crippen molar-refractivity contribution in [2.75, 3.05) is 39.6 Å². The van der Waals surface area contributed by atoms with E-state index < -0.39 is 101 Å². The maximum absolute atomic E-state index is 14.0. The van der Waals surface area contributed by atoms with Crippen LogP contribution < -0.4 is 0 Å². The summed E-state index contributed by atoms with van der Waals surface area (Å²) in [6, 6.07) is 9.22.